The molecule has 0 saturated heterocycles. The maximum atomic E-state index is 14.4. The summed E-state index contributed by atoms with van der Waals surface area (Å²) < 4.78 is 25.1. The average Bonchev–Trinajstić information content (AvgIpc) is 2.67. The molecule has 0 aliphatic heterocycles. The molecule has 0 bridgehead atoms. The van der Waals surface area contributed by atoms with Crippen LogP contribution in [-0.4, -0.2) is 36.9 Å². The van der Waals surface area contributed by atoms with Crippen LogP contribution >= 0.6 is 0 Å². The minimum absolute atomic E-state index is 0.109. The van der Waals surface area contributed by atoms with Gasteiger partial charge in [-0.15, -0.1) is 0 Å². The van der Waals surface area contributed by atoms with E-state index in [2.05, 4.69) is 5.32 Å². The number of rotatable bonds is 9. The van der Waals surface area contributed by atoms with Gasteiger partial charge >= 0.3 is 5.97 Å². The first-order valence-electron chi connectivity index (χ1n) is 9.81. The second-order valence-corrected chi connectivity index (χ2v) is 7.00. The van der Waals surface area contributed by atoms with Crippen LogP contribution in [0.15, 0.2) is 18.2 Å². The SMILES string of the molecule is CCOC(=O)C1CCC(Oc2ccc(C(=O)CCCNC(C)=O)cc2F)CC1. The molecule has 28 heavy (non-hydrogen) atoms. The molecular formula is C21H28FNO5. The average molecular weight is 393 g/mol. The zero-order valence-corrected chi connectivity index (χ0v) is 16.5. The summed E-state index contributed by atoms with van der Waals surface area (Å²) in [6.45, 7) is 3.99. The first-order valence-corrected chi connectivity index (χ1v) is 9.81. The molecular weight excluding hydrogens is 365 g/mol. The van der Waals surface area contributed by atoms with Gasteiger partial charge in [0, 0.05) is 25.5 Å². The van der Waals surface area contributed by atoms with Crippen LogP contribution in [0.5, 0.6) is 5.75 Å². The van der Waals surface area contributed by atoms with E-state index in [1.165, 1.54) is 19.1 Å². The Morgan fingerprint density at radius 3 is 2.50 bits per heavy atom. The molecule has 0 atom stereocenters. The van der Waals surface area contributed by atoms with Crippen molar-refractivity contribution in [3.63, 3.8) is 0 Å². The van der Waals surface area contributed by atoms with Gasteiger partial charge in [-0.25, -0.2) is 4.39 Å². The second kappa shape index (κ2) is 10.8. The Hall–Kier alpha value is -2.44. The van der Waals surface area contributed by atoms with Crippen LogP contribution in [0.2, 0.25) is 0 Å². The summed E-state index contributed by atoms with van der Waals surface area (Å²) in [4.78, 5) is 34.7. The van der Waals surface area contributed by atoms with Gasteiger partial charge in [0.1, 0.15) is 0 Å². The third kappa shape index (κ3) is 6.62. The lowest BCUT2D eigenvalue weighted by Gasteiger charge is -2.27. The molecule has 1 aromatic carbocycles. The molecule has 0 heterocycles. The number of nitrogens with one attached hydrogen (secondary N) is 1. The number of carbonyl (C=O) groups excluding carboxylic acids is 3. The number of hydrogen-bond donors (Lipinski definition) is 1. The van der Waals surface area contributed by atoms with Crippen molar-refractivity contribution in [1.82, 2.24) is 5.32 Å². The molecule has 1 N–H and O–H groups in total. The Morgan fingerprint density at radius 1 is 1.18 bits per heavy atom. The Balaban J connectivity index is 1.83. The van der Waals surface area contributed by atoms with Crippen molar-refractivity contribution in [3.8, 4) is 5.75 Å². The van der Waals surface area contributed by atoms with Crippen molar-refractivity contribution in [2.75, 3.05) is 13.2 Å². The Bertz CT molecular complexity index is 698. The van der Waals surface area contributed by atoms with Crippen molar-refractivity contribution < 1.29 is 28.2 Å². The number of ether oxygens (including phenoxy) is 2. The molecule has 0 spiro atoms. The standard InChI is InChI=1S/C21H28FNO5/c1-3-27-21(26)15-6-9-17(10-7-15)28-20-11-8-16(13-18(20)22)19(25)5-4-12-23-14(2)24/h8,11,13,15,17H,3-7,9-10,12H2,1-2H3,(H,23,24). The number of halogens is 1. The van der Waals surface area contributed by atoms with Gasteiger partial charge in [-0.05, 0) is 57.2 Å². The maximum Gasteiger partial charge on any atom is 0.308 e. The lowest BCUT2D eigenvalue weighted by atomic mass is 9.87. The summed E-state index contributed by atoms with van der Waals surface area (Å²) >= 11 is 0. The van der Waals surface area contributed by atoms with Crippen LogP contribution in [0, 0.1) is 11.7 Å². The first-order chi connectivity index (χ1) is 13.4. The van der Waals surface area contributed by atoms with Crippen LogP contribution in [0.4, 0.5) is 4.39 Å². The minimum Gasteiger partial charge on any atom is -0.487 e. The number of esters is 1. The van der Waals surface area contributed by atoms with E-state index in [0.29, 0.717) is 50.8 Å². The molecule has 1 aliphatic carbocycles. The van der Waals surface area contributed by atoms with Gasteiger partial charge in [0.25, 0.3) is 0 Å². The largest absolute Gasteiger partial charge is 0.487 e. The van der Waals surface area contributed by atoms with Crippen LogP contribution in [0.1, 0.15) is 62.7 Å². The van der Waals surface area contributed by atoms with Crippen LogP contribution in [-0.2, 0) is 14.3 Å². The van der Waals surface area contributed by atoms with Gasteiger partial charge in [-0.1, -0.05) is 0 Å². The van der Waals surface area contributed by atoms with Gasteiger partial charge < -0.3 is 14.8 Å². The molecule has 1 aromatic rings. The molecule has 7 heteroatoms. The van der Waals surface area contributed by atoms with Crippen molar-refractivity contribution in [3.05, 3.63) is 29.6 Å². The summed E-state index contributed by atoms with van der Waals surface area (Å²) in [6.07, 6.45) is 3.23. The van der Waals surface area contributed by atoms with E-state index in [-0.39, 0.29) is 41.9 Å². The summed E-state index contributed by atoms with van der Waals surface area (Å²) in [7, 11) is 0. The highest BCUT2D eigenvalue weighted by atomic mass is 19.1. The molecule has 1 saturated carbocycles. The van der Waals surface area contributed by atoms with Crippen molar-refractivity contribution in [2.24, 2.45) is 5.92 Å². The maximum absolute atomic E-state index is 14.4. The number of amides is 1. The van der Waals surface area contributed by atoms with E-state index in [1.54, 1.807) is 13.0 Å². The van der Waals surface area contributed by atoms with E-state index in [0.717, 1.165) is 0 Å². The van der Waals surface area contributed by atoms with Crippen LogP contribution in [0.25, 0.3) is 0 Å². The highest BCUT2D eigenvalue weighted by molar-refractivity contribution is 5.96. The minimum atomic E-state index is -0.569. The molecule has 1 fully saturated rings. The Morgan fingerprint density at radius 2 is 1.89 bits per heavy atom. The van der Waals surface area contributed by atoms with Gasteiger partial charge in [-0.3, -0.25) is 14.4 Å². The highest BCUT2D eigenvalue weighted by Crippen LogP contribution is 2.30. The van der Waals surface area contributed by atoms with Crippen molar-refractivity contribution in [1.29, 1.82) is 0 Å². The molecule has 154 valence electrons. The number of Topliss-reactive ketones (excluding diaryl/α,β-unsaturated/α-hetero) is 1. The topological polar surface area (TPSA) is 81.7 Å². The highest BCUT2D eigenvalue weighted by Gasteiger charge is 2.28. The fraction of sp³-hybridized carbons (Fsp3) is 0.571. The normalized spacial score (nSPS) is 19.0. The molecule has 0 radical (unpaired) electrons. The smallest absolute Gasteiger partial charge is 0.308 e. The number of hydrogen-bond acceptors (Lipinski definition) is 5. The number of carbonyl (C=O) groups is 3. The fourth-order valence-electron chi connectivity index (χ4n) is 3.28. The van der Waals surface area contributed by atoms with Gasteiger partial charge in [0.15, 0.2) is 17.3 Å². The quantitative estimate of drug-likeness (QED) is 0.395. The summed E-state index contributed by atoms with van der Waals surface area (Å²) in [5.41, 5.74) is 0.290. The van der Waals surface area contributed by atoms with E-state index >= 15 is 0 Å². The lowest BCUT2D eigenvalue weighted by Crippen LogP contribution is -2.29. The third-order valence-corrected chi connectivity index (χ3v) is 4.80. The number of benzene rings is 1. The van der Waals surface area contributed by atoms with E-state index in [9.17, 15) is 18.8 Å². The molecule has 0 aromatic heterocycles. The summed E-state index contributed by atoms with van der Waals surface area (Å²) in [6, 6.07) is 4.23. The van der Waals surface area contributed by atoms with Gasteiger partial charge in [-0.2, -0.15) is 0 Å². The molecule has 6 nitrogen and oxygen atoms in total. The molecule has 1 aliphatic rings. The van der Waals surface area contributed by atoms with Gasteiger partial charge in [0.2, 0.25) is 5.91 Å². The van der Waals surface area contributed by atoms with Crippen LogP contribution in [0.3, 0.4) is 0 Å². The predicted molar refractivity (Wildman–Crippen MR) is 102 cm³/mol. The van der Waals surface area contributed by atoms with Gasteiger partial charge in [0.05, 0.1) is 18.6 Å². The molecule has 0 unspecified atom stereocenters. The van der Waals surface area contributed by atoms with E-state index in [1.807, 2.05) is 0 Å². The first kappa shape index (κ1) is 21.9. The Kier molecular flexibility index (Phi) is 8.42. The summed E-state index contributed by atoms with van der Waals surface area (Å²) in [5, 5.41) is 2.62. The second-order valence-electron chi connectivity index (χ2n) is 7.00. The van der Waals surface area contributed by atoms with E-state index in [4.69, 9.17) is 9.47 Å². The zero-order chi connectivity index (χ0) is 20.5. The fourth-order valence-corrected chi connectivity index (χ4v) is 3.28. The van der Waals surface area contributed by atoms with Crippen molar-refractivity contribution in [2.45, 2.75) is 58.5 Å². The lowest BCUT2D eigenvalue weighted by molar-refractivity contribution is -0.149. The summed E-state index contributed by atoms with van der Waals surface area (Å²) in [5.74, 6) is -1.05. The Labute approximate surface area is 164 Å². The predicted octanol–water partition coefficient (Wildman–Crippen LogP) is 3.43. The van der Waals surface area contributed by atoms with Crippen LogP contribution < -0.4 is 10.1 Å². The monoisotopic (exact) mass is 393 g/mol. The molecule has 1 amide bonds. The van der Waals surface area contributed by atoms with E-state index < -0.39 is 5.82 Å². The zero-order valence-electron chi connectivity index (χ0n) is 16.5. The van der Waals surface area contributed by atoms with Crippen molar-refractivity contribution >= 4 is 17.7 Å². The number of ketones is 1. The molecule has 2 rings (SSSR count). The third-order valence-electron chi connectivity index (χ3n) is 4.80.